The highest BCUT2D eigenvalue weighted by atomic mass is 32.2. The predicted octanol–water partition coefficient (Wildman–Crippen LogP) is 2.16. The van der Waals surface area contributed by atoms with Crippen LogP contribution in [-0.4, -0.2) is 55.5 Å². The molecule has 2 aliphatic rings. The van der Waals surface area contributed by atoms with E-state index in [4.69, 9.17) is 4.74 Å². The normalized spacial score (nSPS) is 21.9. The van der Waals surface area contributed by atoms with Gasteiger partial charge in [0.2, 0.25) is 5.82 Å². The van der Waals surface area contributed by atoms with Crippen LogP contribution in [0.15, 0.2) is 23.8 Å². The van der Waals surface area contributed by atoms with Crippen molar-refractivity contribution >= 4 is 29.0 Å². The van der Waals surface area contributed by atoms with Crippen LogP contribution in [0.3, 0.4) is 0 Å². The first-order valence-corrected chi connectivity index (χ1v) is 9.73. The summed E-state index contributed by atoms with van der Waals surface area (Å²) in [7, 11) is 0. The molecule has 0 aliphatic carbocycles. The fourth-order valence-electron chi connectivity index (χ4n) is 3.15. The lowest BCUT2D eigenvalue weighted by Gasteiger charge is -2.47. The van der Waals surface area contributed by atoms with E-state index in [9.17, 15) is 4.79 Å². The molecular formula is C16H18N4O2S2. The van der Waals surface area contributed by atoms with Crippen molar-refractivity contribution in [2.24, 2.45) is 0 Å². The quantitative estimate of drug-likeness (QED) is 0.830. The first-order chi connectivity index (χ1) is 11.6. The number of ether oxygens (including phenoxy) is 1. The second kappa shape index (κ2) is 6.42. The van der Waals surface area contributed by atoms with Crippen molar-refractivity contribution < 1.29 is 9.53 Å². The second-order valence-corrected chi connectivity index (χ2v) is 8.77. The maximum Gasteiger partial charge on any atom is 0.291 e. The van der Waals surface area contributed by atoms with Gasteiger partial charge in [0.25, 0.3) is 5.91 Å². The number of thioether (sulfide) groups is 1. The average molecular weight is 362 g/mol. The van der Waals surface area contributed by atoms with Gasteiger partial charge in [-0.2, -0.15) is 0 Å². The number of likely N-dealkylation sites (tertiary alicyclic amines) is 1. The minimum absolute atomic E-state index is 0.0795. The Morgan fingerprint density at radius 3 is 2.92 bits per heavy atom. The topological polar surface area (TPSA) is 68.2 Å². The van der Waals surface area contributed by atoms with E-state index in [2.05, 4.69) is 20.3 Å². The van der Waals surface area contributed by atoms with E-state index in [0.29, 0.717) is 6.61 Å². The summed E-state index contributed by atoms with van der Waals surface area (Å²) in [6.45, 7) is 4.09. The van der Waals surface area contributed by atoms with Crippen LogP contribution in [0.1, 0.15) is 27.7 Å². The van der Waals surface area contributed by atoms with Crippen LogP contribution in [0.25, 0.3) is 0 Å². The van der Waals surface area contributed by atoms with E-state index in [1.54, 1.807) is 29.8 Å². The zero-order valence-electron chi connectivity index (χ0n) is 13.3. The molecule has 2 aliphatic heterocycles. The highest BCUT2D eigenvalue weighted by molar-refractivity contribution is 8.01. The second-order valence-electron chi connectivity index (χ2n) is 6.22. The molecule has 0 bridgehead atoms. The van der Waals surface area contributed by atoms with E-state index in [1.807, 2.05) is 23.6 Å². The van der Waals surface area contributed by atoms with E-state index in [0.717, 1.165) is 36.0 Å². The standard InChI is InChI=1S/C16H18N4O2S2/c1-11-19-12(7-23-11)6-22-13-5-16(24-8-13)9-20(10-16)15(21)14-17-3-2-4-18-14/h2-4,7,13H,5-6,8-10H2,1H3/t13-/m1/s1. The number of carbonyl (C=O) groups excluding carboxylic acids is 1. The number of hydrogen-bond donors (Lipinski definition) is 0. The molecule has 6 nitrogen and oxygen atoms in total. The maximum absolute atomic E-state index is 12.3. The molecule has 4 rings (SSSR count). The van der Waals surface area contributed by atoms with Gasteiger partial charge in [-0.1, -0.05) is 0 Å². The van der Waals surface area contributed by atoms with Crippen LogP contribution in [0.4, 0.5) is 0 Å². The van der Waals surface area contributed by atoms with Crippen LogP contribution in [0.5, 0.6) is 0 Å². The number of nitrogens with zero attached hydrogens (tertiary/aromatic N) is 4. The van der Waals surface area contributed by atoms with Gasteiger partial charge >= 0.3 is 0 Å². The molecule has 2 aromatic heterocycles. The molecule has 2 aromatic rings. The lowest BCUT2D eigenvalue weighted by atomic mass is 9.93. The molecule has 0 N–H and O–H groups in total. The summed E-state index contributed by atoms with van der Waals surface area (Å²) in [5.74, 6) is 1.18. The molecule has 4 heterocycles. The van der Waals surface area contributed by atoms with Gasteiger partial charge in [0.05, 0.1) is 28.2 Å². The van der Waals surface area contributed by atoms with E-state index in [1.165, 1.54) is 0 Å². The molecule has 8 heteroatoms. The van der Waals surface area contributed by atoms with Crippen LogP contribution < -0.4 is 0 Å². The lowest BCUT2D eigenvalue weighted by Crippen LogP contribution is -2.61. The Balaban J connectivity index is 1.28. The van der Waals surface area contributed by atoms with Crippen molar-refractivity contribution in [3.63, 3.8) is 0 Å². The summed E-state index contributed by atoms with van der Waals surface area (Å²) < 4.78 is 6.15. The van der Waals surface area contributed by atoms with Crippen LogP contribution in [-0.2, 0) is 11.3 Å². The largest absolute Gasteiger partial charge is 0.371 e. The lowest BCUT2D eigenvalue weighted by molar-refractivity contribution is 0.0242. The summed E-state index contributed by atoms with van der Waals surface area (Å²) in [5, 5.41) is 3.12. The third-order valence-corrected chi connectivity index (χ3v) is 6.71. The summed E-state index contributed by atoms with van der Waals surface area (Å²) in [5.41, 5.74) is 1.01. The van der Waals surface area contributed by atoms with Gasteiger partial charge < -0.3 is 9.64 Å². The summed E-state index contributed by atoms with van der Waals surface area (Å²) in [6.07, 6.45) is 4.43. The molecule has 0 unspecified atom stereocenters. The minimum atomic E-state index is -0.0795. The maximum atomic E-state index is 12.3. The fraction of sp³-hybridized carbons (Fsp3) is 0.500. The SMILES string of the molecule is Cc1nc(CO[C@H]2CSC3(C2)CN(C(=O)c2ncccn2)C3)cs1. The highest BCUT2D eigenvalue weighted by Gasteiger charge is 2.51. The third kappa shape index (κ3) is 3.18. The molecule has 0 saturated carbocycles. The zero-order chi connectivity index (χ0) is 16.6. The molecule has 0 radical (unpaired) electrons. The first-order valence-electron chi connectivity index (χ1n) is 7.86. The van der Waals surface area contributed by atoms with Crippen LogP contribution in [0.2, 0.25) is 0 Å². The molecule has 2 fully saturated rings. The minimum Gasteiger partial charge on any atom is -0.371 e. The van der Waals surface area contributed by atoms with Crippen molar-refractivity contribution in [3.8, 4) is 0 Å². The molecule has 1 atom stereocenters. The molecule has 1 spiro atoms. The van der Waals surface area contributed by atoms with Gasteiger partial charge in [0, 0.05) is 36.6 Å². The molecule has 126 valence electrons. The van der Waals surface area contributed by atoms with Crippen LogP contribution in [0, 0.1) is 6.92 Å². The van der Waals surface area contributed by atoms with Gasteiger partial charge in [0.15, 0.2) is 0 Å². The third-order valence-electron chi connectivity index (χ3n) is 4.31. The Labute approximate surface area is 148 Å². The first kappa shape index (κ1) is 16.0. The zero-order valence-corrected chi connectivity index (χ0v) is 15.0. The Morgan fingerprint density at radius 1 is 1.42 bits per heavy atom. The van der Waals surface area contributed by atoms with Gasteiger partial charge in [-0.25, -0.2) is 15.0 Å². The highest BCUT2D eigenvalue weighted by Crippen LogP contribution is 2.46. The fourth-order valence-corrected chi connectivity index (χ4v) is 5.30. The smallest absolute Gasteiger partial charge is 0.291 e. The number of thiazole rings is 1. The van der Waals surface area contributed by atoms with Gasteiger partial charge in [-0.15, -0.1) is 23.1 Å². The summed E-state index contributed by atoms with van der Waals surface area (Å²) >= 11 is 3.57. The van der Waals surface area contributed by atoms with Crippen molar-refractivity contribution in [2.75, 3.05) is 18.8 Å². The van der Waals surface area contributed by atoms with E-state index in [-0.39, 0.29) is 22.6 Å². The number of rotatable bonds is 4. The van der Waals surface area contributed by atoms with Crippen molar-refractivity contribution in [1.82, 2.24) is 19.9 Å². The number of aromatic nitrogens is 3. The van der Waals surface area contributed by atoms with Crippen molar-refractivity contribution in [2.45, 2.75) is 30.8 Å². The van der Waals surface area contributed by atoms with E-state index < -0.39 is 0 Å². The predicted molar refractivity (Wildman–Crippen MR) is 93.2 cm³/mol. The summed E-state index contributed by atoms with van der Waals surface area (Å²) in [6, 6.07) is 1.72. The Hall–Kier alpha value is -1.51. The molecule has 1 amide bonds. The van der Waals surface area contributed by atoms with E-state index >= 15 is 0 Å². The Kier molecular flexibility index (Phi) is 4.28. The monoisotopic (exact) mass is 362 g/mol. The molecular weight excluding hydrogens is 344 g/mol. The number of carbonyl (C=O) groups is 1. The van der Waals surface area contributed by atoms with Gasteiger partial charge in [-0.05, 0) is 19.4 Å². The Bertz CT molecular complexity index is 731. The van der Waals surface area contributed by atoms with Gasteiger partial charge in [-0.3, -0.25) is 4.79 Å². The molecule has 24 heavy (non-hydrogen) atoms. The van der Waals surface area contributed by atoms with Crippen molar-refractivity contribution in [1.29, 1.82) is 0 Å². The van der Waals surface area contributed by atoms with Crippen LogP contribution >= 0.6 is 23.1 Å². The number of hydrogen-bond acceptors (Lipinski definition) is 7. The molecule has 2 saturated heterocycles. The van der Waals surface area contributed by atoms with Gasteiger partial charge in [0.1, 0.15) is 0 Å². The average Bonchev–Trinajstić information content (AvgIpc) is 3.18. The molecule has 0 aromatic carbocycles. The Morgan fingerprint density at radius 2 is 2.21 bits per heavy atom. The number of amides is 1. The summed E-state index contributed by atoms with van der Waals surface area (Å²) in [4.78, 5) is 26.6. The number of aryl methyl sites for hydroxylation is 1. The van der Waals surface area contributed by atoms with Crippen molar-refractivity contribution in [3.05, 3.63) is 40.4 Å².